The molecule has 0 bridgehead atoms. The van der Waals surface area contributed by atoms with Crippen LogP contribution in [0, 0.1) is 0 Å². The van der Waals surface area contributed by atoms with E-state index in [4.69, 9.17) is 16.7 Å². The molecule has 0 spiro atoms. The lowest BCUT2D eigenvalue weighted by molar-refractivity contribution is -0.125. The zero-order chi connectivity index (χ0) is 20.4. The van der Waals surface area contributed by atoms with Gasteiger partial charge in [-0.3, -0.25) is 9.48 Å². The molecule has 1 atom stereocenters. The Bertz CT molecular complexity index is 1050. The van der Waals surface area contributed by atoms with Crippen LogP contribution in [0.3, 0.4) is 0 Å². The van der Waals surface area contributed by atoms with Crippen LogP contribution >= 0.6 is 11.6 Å². The maximum Gasteiger partial charge on any atom is 0.246 e. The van der Waals surface area contributed by atoms with Crippen LogP contribution in [0.1, 0.15) is 6.42 Å². The number of aliphatic hydroxyl groups excluding tert-OH is 1. The largest absolute Gasteiger partial charge is 0.394 e. The molecule has 1 fully saturated rings. The monoisotopic (exact) mass is 416 g/mol. The fourth-order valence-corrected chi connectivity index (χ4v) is 3.57. The van der Waals surface area contributed by atoms with Crippen LogP contribution in [0.15, 0.2) is 31.2 Å². The number of fused-ring (bicyclic) bond motifs is 1. The van der Waals surface area contributed by atoms with E-state index in [-0.39, 0.29) is 18.6 Å². The molecule has 11 heteroatoms. The standard InChI is InChI=1S/C18H21ClN8O2/c1-2-14(29)26-4-3-11(9-26)22-17-15-13(19)8-20-16(15)24-18(25-17)23-12-7-21-27(10-12)5-6-28/h2,7-8,10-11,28H,1,3-6,9H2,(H3,20,22,23,24,25)/t11-/m1/s1. The summed E-state index contributed by atoms with van der Waals surface area (Å²) in [6.07, 6.45) is 7.18. The SMILES string of the molecule is C=CC(=O)N1CC[C@@H](Nc2nc(Nc3cnn(CCO)c3)nc3[nH]cc(Cl)c23)C1. The van der Waals surface area contributed by atoms with Gasteiger partial charge in [0.25, 0.3) is 0 Å². The predicted octanol–water partition coefficient (Wildman–Crippen LogP) is 1.74. The first-order chi connectivity index (χ1) is 14.1. The Hall–Kier alpha value is -3.11. The number of nitrogens with one attached hydrogen (secondary N) is 3. The topological polar surface area (TPSA) is 124 Å². The molecule has 0 aromatic carbocycles. The lowest BCUT2D eigenvalue weighted by Crippen LogP contribution is -2.30. The average molecular weight is 417 g/mol. The third kappa shape index (κ3) is 4.03. The molecule has 10 nitrogen and oxygen atoms in total. The van der Waals surface area contributed by atoms with Crippen molar-refractivity contribution in [3.05, 3.63) is 36.3 Å². The molecule has 0 saturated carbocycles. The van der Waals surface area contributed by atoms with Gasteiger partial charge in [-0.15, -0.1) is 0 Å². The van der Waals surface area contributed by atoms with Crippen LogP contribution in [-0.2, 0) is 11.3 Å². The molecule has 1 aliphatic rings. The highest BCUT2D eigenvalue weighted by atomic mass is 35.5. The zero-order valence-electron chi connectivity index (χ0n) is 15.6. The number of aliphatic hydroxyl groups is 1. The van der Waals surface area contributed by atoms with E-state index in [1.165, 1.54) is 6.08 Å². The molecule has 0 aliphatic carbocycles. The number of carbonyl (C=O) groups excluding carboxylic acids is 1. The molecule has 29 heavy (non-hydrogen) atoms. The first-order valence-electron chi connectivity index (χ1n) is 9.20. The predicted molar refractivity (Wildman–Crippen MR) is 110 cm³/mol. The van der Waals surface area contributed by atoms with Crippen molar-refractivity contribution in [1.82, 2.24) is 29.6 Å². The van der Waals surface area contributed by atoms with Gasteiger partial charge in [0, 0.05) is 31.5 Å². The second-order valence-corrected chi connectivity index (χ2v) is 7.12. The number of anilines is 3. The van der Waals surface area contributed by atoms with E-state index >= 15 is 0 Å². The molecule has 4 heterocycles. The van der Waals surface area contributed by atoms with Crippen LogP contribution < -0.4 is 10.6 Å². The molecule has 152 valence electrons. The first-order valence-corrected chi connectivity index (χ1v) is 9.58. The smallest absolute Gasteiger partial charge is 0.246 e. The Labute approximate surface area is 171 Å². The fourth-order valence-electron chi connectivity index (χ4n) is 3.34. The highest BCUT2D eigenvalue weighted by molar-refractivity contribution is 6.36. The van der Waals surface area contributed by atoms with E-state index in [1.807, 2.05) is 0 Å². The summed E-state index contributed by atoms with van der Waals surface area (Å²) < 4.78 is 1.62. The Kier molecular flexibility index (Phi) is 5.36. The van der Waals surface area contributed by atoms with Gasteiger partial charge in [-0.1, -0.05) is 18.2 Å². The van der Waals surface area contributed by atoms with Gasteiger partial charge in [0.1, 0.15) is 11.5 Å². The third-order valence-electron chi connectivity index (χ3n) is 4.72. The molecule has 3 aromatic rings. The Morgan fingerprint density at radius 2 is 2.34 bits per heavy atom. The normalized spacial score (nSPS) is 16.3. The lowest BCUT2D eigenvalue weighted by atomic mass is 10.2. The van der Waals surface area contributed by atoms with Crippen molar-refractivity contribution < 1.29 is 9.90 Å². The summed E-state index contributed by atoms with van der Waals surface area (Å²) in [4.78, 5) is 25.7. The number of nitrogens with zero attached hydrogens (tertiary/aromatic N) is 5. The number of aromatic amines is 1. The molecular weight excluding hydrogens is 396 g/mol. The number of hydrogen-bond acceptors (Lipinski definition) is 7. The molecule has 4 rings (SSSR count). The maximum atomic E-state index is 11.8. The minimum atomic E-state index is -0.0796. The number of aromatic nitrogens is 5. The van der Waals surface area contributed by atoms with Crippen LogP contribution in [0.25, 0.3) is 11.0 Å². The van der Waals surface area contributed by atoms with Gasteiger partial charge in [0.15, 0.2) is 0 Å². The Balaban J connectivity index is 1.58. The maximum absolute atomic E-state index is 11.8. The zero-order valence-corrected chi connectivity index (χ0v) is 16.4. The second-order valence-electron chi connectivity index (χ2n) is 6.72. The van der Waals surface area contributed by atoms with Gasteiger partial charge in [0.2, 0.25) is 11.9 Å². The van der Waals surface area contributed by atoms with E-state index in [2.05, 4.69) is 37.3 Å². The van der Waals surface area contributed by atoms with E-state index in [0.29, 0.717) is 53.1 Å². The summed E-state index contributed by atoms with van der Waals surface area (Å²) in [5.41, 5.74) is 1.29. The van der Waals surface area contributed by atoms with Gasteiger partial charge in [0.05, 0.1) is 35.4 Å². The summed E-state index contributed by atoms with van der Waals surface area (Å²) in [5, 5.41) is 20.9. The van der Waals surface area contributed by atoms with E-state index < -0.39 is 0 Å². The van der Waals surface area contributed by atoms with Crippen LogP contribution in [0.2, 0.25) is 5.02 Å². The molecule has 0 unspecified atom stereocenters. The molecule has 1 amide bonds. The fraction of sp³-hybridized carbons (Fsp3) is 0.333. The lowest BCUT2D eigenvalue weighted by Gasteiger charge is -2.17. The number of halogens is 1. The number of likely N-dealkylation sites (tertiary alicyclic amines) is 1. The number of rotatable bonds is 7. The van der Waals surface area contributed by atoms with Gasteiger partial charge >= 0.3 is 0 Å². The van der Waals surface area contributed by atoms with Crippen molar-refractivity contribution in [1.29, 1.82) is 0 Å². The van der Waals surface area contributed by atoms with Crippen LogP contribution in [0.5, 0.6) is 0 Å². The van der Waals surface area contributed by atoms with Gasteiger partial charge in [-0.25, -0.2) is 0 Å². The number of hydrogen-bond donors (Lipinski definition) is 4. The Morgan fingerprint density at radius 3 is 3.14 bits per heavy atom. The third-order valence-corrected chi connectivity index (χ3v) is 5.02. The summed E-state index contributed by atoms with van der Waals surface area (Å²) in [6, 6.07) is 0.0446. The quantitative estimate of drug-likeness (QED) is 0.432. The van der Waals surface area contributed by atoms with Crippen molar-refractivity contribution in [2.75, 3.05) is 30.3 Å². The summed E-state index contributed by atoms with van der Waals surface area (Å²) in [7, 11) is 0. The van der Waals surface area contributed by atoms with Crippen LogP contribution in [0.4, 0.5) is 17.5 Å². The van der Waals surface area contributed by atoms with Crippen molar-refractivity contribution >= 4 is 46.0 Å². The summed E-state index contributed by atoms with van der Waals surface area (Å²) >= 11 is 6.33. The highest BCUT2D eigenvalue weighted by Crippen LogP contribution is 2.31. The van der Waals surface area contributed by atoms with Crippen LogP contribution in [-0.4, -0.2) is 66.4 Å². The van der Waals surface area contributed by atoms with Crippen molar-refractivity contribution in [2.45, 2.75) is 19.0 Å². The van der Waals surface area contributed by atoms with E-state index in [0.717, 1.165) is 6.42 Å². The molecular formula is C18H21ClN8O2. The van der Waals surface area contributed by atoms with E-state index in [1.54, 1.807) is 28.2 Å². The van der Waals surface area contributed by atoms with Crippen molar-refractivity contribution in [3.63, 3.8) is 0 Å². The van der Waals surface area contributed by atoms with E-state index in [9.17, 15) is 4.79 Å². The second kappa shape index (κ2) is 8.10. The first kappa shape index (κ1) is 19.2. The van der Waals surface area contributed by atoms with Crippen molar-refractivity contribution in [3.8, 4) is 0 Å². The van der Waals surface area contributed by atoms with Gasteiger partial charge < -0.3 is 25.6 Å². The molecule has 1 aliphatic heterocycles. The molecule has 1 saturated heterocycles. The van der Waals surface area contributed by atoms with Gasteiger partial charge in [-0.2, -0.15) is 15.1 Å². The molecule has 3 aromatic heterocycles. The average Bonchev–Trinajstić information content (AvgIpc) is 3.43. The minimum absolute atomic E-state index is 0.00534. The summed E-state index contributed by atoms with van der Waals surface area (Å²) in [6.45, 7) is 5.18. The minimum Gasteiger partial charge on any atom is -0.394 e. The number of amides is 1. The number of carbonyl (C=O) groups is 1. The van der Waals surface area contributed by atoms with Crippen molar-refractivity contribution in [2.24, 2.45) is 0 Å². The van der Waals surface area contributed by atoms with Gasteiger partial charge in [-0.05, 0) is 12.5 Å². The number of H-pyrrole nitrogens is 1. The summed E-state index contributed by atoms with van der Waals surface area (Å²) in [5.74, 6) is 0.882. The molecule has 0 radical (unpaired) electrons. The highest BCUT2D eigenvalue weighted by Gasteiger charge is 2.26. The molecule has 4 N–H and O–H groups in total. The Morgan fingerprint density at radius 1 is 1.48 bits per heavy atom.